The van der Waals surface area contributed by atoms with Gasteiger partial charge < -0.3 is 9.64 Å². The molecule has 5 nitrogen and oxygen atoms in total. The van der Waals surface area contributed by atoms with Gasteiger partial charge in [0.15, 0.2) is 0 Å². The van der Waals surface area contributed by atoms with Gasteiger partial charge in [0, 0.05) is 44.6 Å². The summed E-state index contributed by atoms with van der Waals surface area (Å²) in [4.78, 5) is 2.31. The van der Waals surface area contributed by atoms with Crippen LogP contribution in [0, 0.1) is 11.3 Å². The highest BCUT2D eigenvalue weighted by molar-refractivity contribution is 7.89. The number of rotatable bonds is 5. The summed E-state index contributed by atoms with van der Waals surface area (Å²) in [7, 11) is 0.785. The zero-order chi connectivity index (χ0) is 14.1. The van der Waals surface area contributed by atoms with Crippen LogP contribution in [0.2, 0.25) is 0 Å². The molecule has 0 aromatic carbocycles. The van der Waals surface area contributed by atoms with Crippen molar-refractivity contribution in [3.05, 3.63) is 0 Å². The summed E-state index contributed by atoms with van der Waals surface area (Å²) in [6, 6.07) is 0. The Morgan fingerprint density at radius 1 is 1.37 bits per heavy atom. The van der Waals surface area contributed by atoms with Crippen molar-refractivity contribution >= 4 is 10.0 Å². The predicted molar refractivity (Wildman–Crippen MR) is 75.6 cm³/mol. The molecule has 2 aliphatic rings. The van der Waals surface area contributed by atoms with Crippen LogP contribution < -0.4 is 0 Å². The van der Waals surface area contributed by atoms with Gasteiger partial charge in [-0.05, 0) is 19.9 Å². The van der Waals surface area contributed by atoms with Gasteiger partial charge in [-0.15, -0.1) is 0 Å². The average molecular weight is 290 g/mol. The van der Waals surface area contributed by atoms with E-state index in [0.29, 0.717) is 25.4 Å². The van der Waals surface area contributed by atoms with Gasteiger partial charge in [-0.25, -0.2) is 12.7 Å². The first kappa shape index (κ1) is 15.2. The highest BCUT2D eigenvalue weighted by Gasteiger charge is 2.51. The van der Waals surface area contributed by atoms with Crippen LogP contribution in [0.1, 0.15) is 19.8 Å². The molecule has 0 amide bonds. The summed E-state index contributed by atoms with van der Waals surface area (Å²) in [5.41, 5.74) is 0.103. The van der Waals surface area contributed by atoms with Gasteiger partial charge in [0.1, 0.15) is 0 Å². The lowest BCUT2D eigenvalue weighted by molar-refractivity contribution is 0.101. The van der Waals surface area contributed by atoms with Crippen molar-refractivity contribution in [2.24, 2.45) is 11.3 Å². The zero-order valence-corrected chi connectivity index (χ0v) is 13.1. The summed E-state index contributed by atoms with van der Waals surface area (Å²) in [6.07, 6.45) is 1.65. The first-order valence-electron chi connectivity index (χ1n) is 7.09. The van der Waals surface area contributed by atoms with E-state index in [1.165, 1.54) is 0 Å². The third-order valence-corrected chi connectivity index (χ3v) is 6.58. The molecule has 112 valence electrons. The Balaban J connectivity index is 2.11. The first-order valence-corrected chi connectivity index (χ1v) is 8.70. The normalized spacial score (nSPS) is 33.5. The lowest BCUT2D eigenvalue weighted by Crippen LogP contribution is -2.38. The predicted octanol–water partition coefficient (Wildman–Crippen LogP) is 0.626. The van der Waals surface area contributed by atoms with Crippen molar-refractivity contribution in [2.75, 3.05) is 52.7 Å². The minimum Gasteiger partial charge on any atom is -0.384 e. The molecule has 0 unspecified atom stereocenters. The van der Waals surface area contributed by atoms with Gasteiger partial charge in [0.25, 0.3) is 0 Å². The molecule has 0 saturated carbocycles. The Morgan fingerprint density at radius 3 is 2.74 bits per heavy atom. The van der Waals surface area contributed by atoms with E-state index >= 15 is 0 Å². The molecule has 0 radical (unpaired) electrons. The van der Waals surface area contributed by atoms with Crippen LogP contribution in [-0.4, -0.2) is 70.3 Å². The molecule has 0 bridgehead atoms. The average Bonchev–Trinajstić information content (AvgIpc) is 2.86. The van der Waals surface area contributed by atoms with E-state index in [0.717, 1.165) is 26.1 Å². The second kappa shape index (κ2) is 5.68. The molecule has 2 heterocycles. The fraction of sp³-hybridized carbons (Fsp3) is 1.00. The van der Waals surface area contributed by atoms with E-state index in [1.54, 1.807) is 11.4 Å². The Morgan fingerprint density at radius 2 is 2.11 bits per heavy atom. The van der Waals surface area contributed by atoms with E-state index in [4.69, 9.17) is 4.74 Å². The molecule has 6 heteroatoms. The van der Waals surface area contributed by atoms with Crippen molar-refractivity contribution < 1.29 is 13.2 Å². The molecule has 2 saturated heterocycles. The summed E-state index contributed by atoms with van der Waals surface area (Å²) in [5.74, 6) is 0.720. The van der Waals surface area contributed by atoms with Gasteiger partial charge >= 0.3 is 0 Å². The molecule has 0 aliphatic carbocycles. The van der Waals surface area contributed by atoms with Crippen LogP contribution in [0.3, 0.4) is 0 Å². The van der Waals surface area contributed by atoms with E-state index in [9.17, 15) is 8.42 Å². The Labute approximate surface area is 117 Å². The van der Waals surface area contributed by atoms with Gasteiger partial charge in [-0.2, -0.15) is 0 Å². The quantitative estimate of drug-likeness (QED) is 0.745. The molecular formula is C13H26N2O3S. The van der Waals surface area contributed by atoms with Crippen molar-refractivity contribution in [1.29, 1.82) is 0 Å². The lowest BCUT2D eigenvalue weighted by atomic mass is 9.78. The number of ether oxygens (including phenoxy) is 1. The topological polar surface area (TPSA) is 49.9 Å². The zero-order valence-electron chi connectivity index (χ0n) is 12.3. The number of methoxy groups -OCH3 is 1. The molecule has 0 aromatic rings. The van der Waals surface area contributed by atoms with Crippen molar-refractivity contribution in [3.8, 4) is 0 Å². The summed E-state index contributed by atoms with van der Waals surface area (Å²) < 4.78 is 31.4. The molecule has 2 atom stereocenters. The second-order valence-corrected chi connectivity index (χ2v) is 8.20. The van der Waals surface area contributed by atoms with Crippen molar-refractivity contribution in [2.45, 2.75) is 19.8 Å². The number of nitrogens with zero attached hydrogens (tertiary/aromatic N) is 2. The summed E-state index contributed by atoms with van der Waals surface area (Å²) in [6.45, 7) is 5.99. The maximum absolute atomic E-state index is 12.2. The largest absolute Gasteiger partial charge is 0.384 e. The number of sulfonamides is 1. The molecular weight excluding hydrogens is 264 g/mol. The molecule has 2 rings (SSSR count). The van der Waals surface area contributed by atoms with E-state index in [2.05, 4.69) is 11.9 Å². The molecule has 0 N–H and O–H groups in total. The van der Waals surface area contributed by atoms with Crippen LogP contribution in [0.4, 0.5) is 0 Å². The SMILES string of the molecule is CCCS(=O)(=O)N1CC[C@]2(CN(C)C[C@H]2COC)C1. The minimum atomic E-state index is -3.06. The molecule has 0 aromatic heterocycles. The molecule has 2 aliphatic heterocycles. The fourth-order valence-electron chi connectivity index (χ4n) is 3.68. The van der Waals surface area contributed by atoms with Gasteiger partial charge in [0.2, 0.25) is 10.0 Å². The second-order valence-electron chi connectivity index (χ2n) is 6.11. The summed E-state index contributed by atoms with van der Waals surface area (Å²) >= 11 is 0. The molecule has 2 fully saturated rings. The fourth-order valence-corrected chi connectivity index (χ4v) is 5.27. The number of hydrogen-bond donors (Lipinski definition) is 0. The summed E-state index contributed by atoms with van der Waals surface area (Å²) in [5, 5.41) is 0. The standard InChI is InChI=1S/C13H26N2O3S/c1-4-7-19(16,17)15-6-5-13(11-15)10-14(2)8-12(13)9-18-3/h12H,4-11H2,1-3H3/t12-,13-/m0/s1. The third kappa shape index (κ3) is 2.96. The number of likely N-dealkylation sites (tertiary alicyclic amines) is 1. The van der Waals surface area contributed by atoms with Gasteiger partial charge in [-0.1, -0.05) is 6.92 Å². The first-order chi connectivity index (χ1) is 8.93. The van der Waals surface area contributed by atoms with Crippen molar-refractivity contribution in [1.82, 2.24) is 9.21 Å². The van der Waals surface area contributed by atoms with Crippen LogP contribution in [-0.2, 0) is 14.8 Å². The van der Waals surface area contributed by atoms with Crippen LogP contribution in [0.25, 0.3) is 0 Å². The maximum Gasteiger partial charge on any atom is 0.214 e. The highest BCUT2D eigenvalue weighted by Crippen LogP contribution is 2.44. The minimum absolute atomic E-state index is 0.103. The van der Waals surface area contributed by atoms with Crippen LogP contribution in [0.5, 0.6) is 0 Å². The van der Waals surface area contributed by atoms with E-state index in [-0.39, 0.29) is 11.2 Å². The van der Waals surface area contributed by atoms with E-state index in [1.807, 2.05) is 6.92 Å². The molecule has 19 heavy (non-hydrogen) atoms. The van der Waals surface area contributed by atoms with Gasteiger partial charge in [0.05, 0.1) is 12.4 Å². The monoisotopic (exact) mass is 290 g/mol. The molecule has 1 spiro atoms. The van der Waals surface area contributed by atoms with Crippen molar-refractivity contribution in [3.63, 3.8) is 0 Å². The van der Waals surface area contributed by atoms with Crippen LogP contribution in [0.15, 0.2) is 0 Å². The Hall–Kier alpha value is -0.170. The Kier molecular flexibility index (Phi) is 4.55. The van der Waals surface area contributed by atoms with Crippen LogP contribution >= 0.6 is 0 Å². The highest BCUT2D eigenvalue weighted by atomic mass is 32.2. The maximum atomic E-state index is 12.2. The number of hydrogen-bond acceptors (Lipinski definition) is 4. The lowest BCUT2D eigenvalue weighted by Gasteiger charge is -2.30. The smallest absolute Gasteiger partial charge is 0.214 e. The van der Waals surface area contributed by atoms with Gasteiger partial charge in [-0.3, -0.25) is 0 Å². The Bertz CT molecular complexity index is 412. The third-order valence-electron chi connectivity index (χ3n) is 4.56. The van der Waals surface area contributed by atoms with E-state index < -0.39 is 10.0 Å².